The number of fused-ring (bicyclic) bond motifs is 1. The number of phosphoric acid groups is 3. The molecule has 8 N–H and O–H groups in total. The minimum absolute atomic E-state index is 0.0154. The molecule has 1 aliphatic heterocycles. The Balaban J connectivity index is 1.41. The van der Waals surface area contributed by atoms with Gasteiger partial charge in [-0.15, -0.1) is 0 Å². The molecule has 0 spiro atoms. The number of imidazole rings is 1. The van der Waals surface area contributed by atoms with E-state index in [4.69, 9.17) is 20.3 Å². The van der Waals surface area contributed by atoms with Crippen LogP contribution in [0.2, 0.25) is 0 Å². The second-order valence-electron chi connectivity index (χ2n) is 8.86. The molecule has 0 aliphatic carbocycles. The predicted molar refractivity (Wildman–Crippen MR) is 144 cm³/mol. The Bertz CT molecular complexity index is 1620. The average Bonchev–Trinajstić information content (AvgIpc) is 3.48. The Hall–Kier alpha value is -2.58. The number of aliphatic hydroxyl groups excluding tert-OH is 1. The summed E-state index contributed by atoms with van der Waals surface area (Å²) < 4.78 is 53.4. The molecule has 3 unspecified atom stereocenters. The summed E-state index contributed by atoms with van der Waals surface area (Å²) in [6, 6.07) is 7.43. The number of ether oxygens (including phenoxy) is 1. The highest BCUT2D eigenvalue weighted by Crippen LogP contribution is 2.66. The first-order valence-corrected chi connectivity index (χ1v) is 16.5. The fourth-order valence-electron chi connectivity index (χ4n) is 3.97. The van der Waals surface area contributed by atoms with Crippen LogP contribution in [0.1, 0.15) is 36.7 Å². The van der Waals surface area contributed by atoms with Crippen molar-refractivity contribution in [3.05, 3.63) is 48.0 Å². The standard InChI is InChI=1S/C21H27N6O12P3/c1-13(15-6-4-14(5-7-15)3-2-8-22)26-20-19-21(24-11-23-20)27(12-25-19)18-9-16(28)17(37-18)10-36-41(32,33)39-42(34,35)38-40(29,30)31/h4-7,11-13,16-18,28H,8-10,22H2,1H3,(H,32,33)(H,34,35)(H,23,24,26)(H2,29,30,31)/t13?,16-,17+,18+/m0/s1. The number of hydrogen-bond acceptors (Lipinski definition) is 13. The van der Waals surface area contributed by atoms with E-state index in [1.807, 2.05) is 31.2 Å². The third kappa shape index (κ3) is 8.50. The summed E-state index contributed by atoms with van der Waals surface area (Å²) in [6.07, 6.45) is -0.562. The van der Waals surface area contributed by atoms with Crippen LogP contribution >= 0.6 is 23.5 Å². The van der Waals surface area contributed by atoms with Gasteiger partial charge in [-0.05, 0) is 24.6 Å². The van der Waals surface area contributed by atoms with Crippen LogP contribution in [0, 0.1) is 11.8 Å². The van der Waals surface area contributed by atoms with Crippen LogP contribution in [-0.2, 0) is 31.6 Å². The molecule has 228 valence electrons. The molecule has 1 aliphatic rings. The monoisotopic (exact) mass is 648 g/mol. The number of benzene rings is 1. The SMILES string of the molecule is CC(Nc1ncnc2c1ncn2[C@H]1C[C@H](O)[C@@H](COP(=O)(O)OP(=O)(O)OP(=O)(O)O)O1)c1ccc(C#CCN)cc1. The van der Waals surface area contributed by atoms with Gasteiger partial charge in [0.15, 0.2) is 17.0 Å². The zero-order valence-electron chi connectivity index (χ0n) is 21.7. The Morgan fingerprint density at radius 1 is 1.12 bits per heavy atom. The summed E-state index contributed by atoms with van der Waals surface area (Å²) in [5, 5.41) is 13.7. The van der Waals surface area contributed by atoms with Crippen LogP contribution in [-0.4, -0.2) is 69.6 Å². The van der Waals surface area contributed by atoms with E-state index in [-0.39, 0.29) is 19.0 Å². The number of hydrogen-bond donors (Lipinski definition) is 7. The second kappa shape index (κ2) is 13.0. The van der Waals surface area contributed by atoms with Gasteiger partial charge >= 0.3 is 23.5 Å². The van der Waals surface area contributed by atoms with Crippen LogP contribution in [0.5, 0.6) is 0 Å². The van der Waals surface area contributed by atoms with Crippen molar-refractivity contribution in [3.8, 4) is 11.8 Å². The minimum atomic E-state index is -5.68. The second-order valence-corrected chi connectivity index (χ2v) is 13.3. The molecule has 1 saturated heterocycles. The van der Waals surface area contributed by atoms with Gasteiger partial charge in [-0.1, -0.05) is 24.0 Å². The molecular weight excluding hydrogens is 621 g/mol. The molecule has 0 saturated carbocycles. The van der Waals surface area contributed by atoms with E-state index in [1.54, 1.807) is 0 Å². The molecule has 3 heterocycles. The van der Waals surface area contributed by atoms with Crippen molar-refractivity contribution in [1.29, 1.82) is 0 Å². The molecule has 2 aromatic heterocycles. The van der Waals surface area contributed by atoms with Gasteiger partial charge < -0.3 is 40.5 Å². The third-order valence-corrected chi connectivity index (χ3v) is 9.59. The van der Waals surface area contributed by atoms with E-state index in [2.05, 4.69) is 45.3 Å². The van der Waals surface area contributed by atoms with Crippen LogP contribution in [0.3, 0.4) is 0 Å². The number of nitrogens with zero attached hydrogens (tertiary/aromatic N) is 4. The van der Waals surface area contributed by atoms with Gasteiger partial charge in [0, 0.05) is 12.0 Å². The van der Waals surface area contributed by atoms with Crippen LogP contribution in [0.15, 0.2) is 36.9 Å². The first kappa shape index (κ1) is 32.3. The number of aliphatic hydroxyl groups is 1. The number of anilines is 1. The molecule has 3 aromatic rings. The average molecular weight is 648 g/mol. The van der Waals surface area contributed by atoms with Gasteiger partial charge in [-0.2, -0.15) is 8.62 Å². The predicted octanol–water partition coefficient (Wildman–Crippen LogP) is 1.30. The van der Waals surface area contributed by atoms with Crippen molar-refractivity contribution >= 4 is 40.4 Å². The lowest BCUT2D eigenvalue weighted by molar-refractivity contribution is -0.0423. The topological polar surface area (TPSA) is 271 Å². The maximum Gasteiger partial charge on any atom is 0.490 e. The summed E-state index contributed by atoms with van der Waals surface area (Å²) in [7, 11) is -16.6. The van der Waals surface area contributed by atoms with Crippen molar-refractivity contribution in [3.63, 3.8) is 0 Å². The first-order valence-electron chi connectivity index (χ1n) is 12.0. The van der Waals surface area contributed by atoms with Gasteiger partial charge in [0.2, 0.25) is 0 Å². The highest BCUT2D eigenvalue weighted by Gasteiger charge is 2.43. The molecule has 0 amide bonds. The number of nitrogens with two attached hydrogens (primary N) is 1. The van der Waals surface area contributed by atoms with Gasteiger partial charge in [-0.25, -0.2) is 28.6 Å². The van der Waals surface area contributed by atoms with Crippen molar-refractivity contribution in [2.24, 2.45) is 5.73 Å². The molecular formula is C21H27N6O12P3. The van der Waals surface area contributed by atoms with Gasteiger partial charge in [0.05, 0.1) is 31.6 Å². The highest BCUT2D eigenvalue weighted by molar-refractivity contribution is 7.66. The molecule has 6 atom stereocenters. The Kier molecular flexibility index (Phi) is 9.98. The van der Waals surface area contributed by atoms with E-state index in [0.717, 1.165) is 11.1 Å². The lowest BCUT2D eigenvalue weighted by Crippen LogP contribution is -2.26. The molecule has 1 fully saturated rings. The highest BCUT2D eigenvalue weighted by atomic mass is 31.3. The lowest BCUT2D eigenvalue weighted by atomic mass is 10.1. The summed E-state index contributed by atoms with van der Waals surface area (Å²) in [5.74, 6) is 6.19. The van der Waals surface area contributed by atoms with Crippen molar-refractivity contribution < 1.29 is 56.3 Å². The van der Waals surface area contributed by atoms with Crippen LogP contribution in [0.4, 0.5) is 5.82 Å². The molecule has 0 bridgehead atoms. The number of phosphoric ester groups is 1. The lowest BCUT2D eigenvalue weighted by Gasteiger charge is -2.19. The van der Waals surface area contributed by atoms with Crippen molar-refractivity contribution in [2.45, 2.75) is 37.8 Å². The number of rotatable bonds is 11. The normalized spacial score (nSPS) is 22.6. The van der Waals surface area contributed by atoms with Gasteiger partial charge in [0.25, 0.3) is 0 Å². The van der Waals surface area contributed by atoms with E-state index in [9.17, 15) is 28.6 Å². The van der Waals surface area contributed by atoms with E-state index in [0.29, 0.717) is 17.0 Å². The number of nitrogens with one attached hydrogen (secondary N) is 1. The Morgan fingerprint density at radius 2 is 1.83 bits per heavy atom. The van der Waals surface area contributed by atoms with Gasteiger partial charge in [0.1, 0.15) is 18.7 Å². The van der Waals surface area contributed by atoms with Crippen LogP contribution < -0.4 is 11.1 Å². The fourth-order valence-corrected chi connectivity index (χ4v) is 7.00. The summed E-state index contributed by atoms with van der Waals surface area (Å²) in [4.78, 5) is 49.1. The quantitative estimate of drug-likeness (QED) is 0.114. The maximum atomic E-state index is 12.0. The summed E-state index contributed by atoms with van der Waals surface area (Å²) >= 11 is 0. The largest absolute Gasteiger partial charge is 0.490 e. The molecule has 4 rings (SSSR count). The number of aromatic nitrogens is 4. The zero-order valence-corrected chi connectivity index (χ0v) is 24.4. The minimum Gasteiger partial charge on any atom is -0.390 e. The van der Waals surface area contributed by atoms with E-state index < -0.39 is 48.5 Å². The Morgan fingerprint density at radius 3 is 2.50 bits per heavy atom. The fraction of sp³-hybridized carbons (Fsp3) is 0.381. The molecule has 42 heavy (non-hydrogen) atoms. The smallest absolute Gasteiger partial charge is 0.390 e. The van der Waals surface area contributed by atoms with Crippen molar-refractivity contribution in [1.82, 2.24) is 19.5 Å². The van der Waals surface area contributed by atoms with E-state index >= 15 is 0 Å². The molecule has 0 radical (unpaired) electrons. The molecule has 21 heteroatoms. The molecule has 1 aromatic carbocycles. The van der Waals surface area contributed by atoms with Gasteiger partial charge in [-0.3, -0.25) is 9.09 Å². The van der Waals surface area contributed by atoms with E-state index in [1.165, 1.54) is 17.2 Å². The molecule has 18 nitrogen and oxygen atoms in total. The summed E-state index contributed by atoms with van der Waals surface area (Å²) in [6.45, 7) is 1.40. The Labute approximate surface area is 238 Å². The van der Waals surface area contributed by atoms with Crippen molar-refractivity contribution in [2.75, 3.05) is 18.5 Å². The zero-order chi connectivity index (χ0) is 30.7. The third-order valence-electron chi connectivity index (χ3n) is 5.79. The first-order chi connectivity index (χ1) is 19.7. The van der Waals surface area contributed by atoms with Crippen LogP contribution in [0.25, 0.3) is 11.2 Å². The maximum absolute atomic E-state index is 12.0. The summed E-state index contributed by atoms with van der Waals surface area (Å²) in [5.41, 5.74) is 7.97.